The Labute approximate surface area is 70.5 Å². The van der Waals surface area contributed by atoms with E-state index in [9.17, 15) is 10.0 Å². The Balaban J connectivity index is 2.87. The summed E-state index contributed by atoms with van der Waals surface area (Å²) in [6.45, 7) is 0. The number of hydroxylamine groups is 1. The first kappa shape index (κ1) is 8.46. The predicted octanol–water partition coefficient (Wildman–Crippen LogP) is 1.08. The molecular formula is C9H9NO2. The summed E-state index contributed by atoms with van der Waals surface area (Å²) in [6.07, 6.45) is 1.01. The minimum absolute atomic E-state index is 0.270. The molecule has 0 saturated heterocycles. The van der Waals surface area contributed by atoms with Gasteiger partial charge in [0.25, 0.3) is 0 Å². The zero-order chi connectivity index (χ0) is 8.97. The van der Waals surface area contributed by atoms with Crippen LogP contribution in [0.3, 0.4) is 0 Å². The Morgan fingerprint density at radius 2 is 2.00 bits per heavy atom. The molecule has 0 atom stereocenters. The van der Waals surface area contributed by atoms with Crippen molar-refractivity contribution >= 4 is 12.0 Å². The average Bonchev–Trinajstić information content (AvgIpc) is 2.05. The molecule has 0 unspecified atom stereocenters. The van der Waals surface area contributed by atoms with Crippen molar-refractivity contribution in [2.75, 3.05) is 7.05 Å². The second kappa shape index (κ2) is 3.67. The maximum absolute atomic E-state index is 11.2. The molecule has 0 spiro atoms. The van der Waals surface area contributed by atoms with Gasteiger partial charge in [-0.2, -0.15) is 0 Å². The molecule has 0 amide bonds. The van der Waals surface area contributed by atoms with Gasteiger partial charge in [-0.05, 0) is 0 Å². The van der Waals surface area contributed by atoms with Gasteiger partial charge < -0.3 is 5.21 Å². The molecule has 0 saturated carbocycles. The number of benzene rings is 1. The van der Waals surface area contributed by atoms with E-state index in [1.165, 1.54) is 7.05 Å². The van der Waals surface area contributed by atoms with Crippen LogP contribution in [0.25, 0.3) is 0 Å². The molecule has 0 aromatic heterocycles. The molecule has 0 N–H and O–H groups in total. The number of rotatable bonds is 2. The monoisotopic (exact) mass is 163 g/mol. The lowest BCUT2D eigenvalue weighted by molar-refractivity contribution is -0.416. The van der Waals surface area contributed by atoms with Crippen molar-refractivity contribution in [1.29, 1.82) is 0 Å². The van der Waals surface area contributed by atoms with Crippen LogP contribution in [-0.2, 0) is 0 Å². The third-order valence-corrected chi connectivity index (χ3v) is 1.36. The molecular weight excluding hydrogens is 154 g/mol. The quantitative estimate of drug-likeness (QED) is 0.215. The van der Waals surface area contributed by atoms with Gasteiger partial charge in [0, 0.05) is 5.56 Å². The molecule has 1 aromatic rings. The van der Waals surface area contributed by atoms with Gasteiger partial charge in [-0.1, -0.05) is 30.3 Å². The molecule has 1 rings (SSSR count). The highest BCUT2D eigenvalue weighted by Crippen LogP contribution is 1.97. The van der Waals surface area contributed by atoms with Crippen molar-refractivity contribution < 1.29 is 9.53 Å². The minimum atomic E-state index is -0.270. The lowest BCUT2D eigenvalue weighted by Gasteiger charge is -1.94. The zero-order valence-corrected chi connectivity index (χ0v) is 6.73. The molecule has 0 aliphatic rings. The van der Waals surface area contributed by atoms with Crippen LogP contribution in [0.15, 0.2) is 30.3 Å². The molecule has 0 fully saturated rings. The van der Waals surface area contributed by atoms with Crippen LogP contribution in [-0.4, -0.2) is 23.8 Å². The van der Waals surface area contributed by atoms with E-state index in [2.05, 4.69) is 0 Å². The lowest BCUT2D eigenvalue weighted by atomic mass is 10.1. The van der Waals surface area contributed by atoms with Crippen LogP contribution in [0.4, 0.5) is 0 Å². The Bertz CT molecular complexity index is 300. The molecule has 3 heteroatoms. The van der Waals surface area contributed by atoms with Gasteiger partial charge in [-0.15, -0.1) is 0 Å². The topological polar surface area (TPSA) is 43.1 Å². The summed E-state index contributed by atoms with van der Waals surface area (Å²) in [6, 6.07) is 8.67. The number of Topliss-reactive ketones (excluding diaryl/α,β-unsaturated/α-hetero) is 1. The molecule has 62 valence electrons. The van der Waals surface area contributed by atoms with E-state index in [1.807, 2.05) is 6.07 Å². The molecule has 12 heavy (non-hydrogen) atoms. The third kappa shape index (κ3) is 2.20. The van der Waals surface area contributed by atoms with Crippen molar-refractivity contribution in [3.63, 3.8) is 0 Å². The van der Waals surface area contributed by atoms with Gasteiger partial charge in [0.1, 0.15) is 7.05 Å². The second-order valence-electron chi connectivity index (χ2n) is 2.41. The number of hydrogen-bond acceptors (Lipinski definition) is 2. The SMILES string of the molecule is C[N+]([O-])=CC(=O)c1ccccc1. The first-order valence-corrected chi connectivity index (χ1v) is 3.54. The normalized spacial score (nSPS) is 11.2. The summed E-state index contributed by atoms with van der Waals surface area (Å²) >= 11 is 0. The van der Waals surface area contributed by atoms with Crippen LogP contribution in [0.5, 0.6) is 0 Å². The van der Waals surface area contributed by atoms with Crippen molar-refractivity contribution in [2.24, 2.45) is 0 Å². The van der Waals surface area contributed by atoms with Crippen LogP contribution in [0.1, 0.15) is 10.4 Å². The van der Waals surface area contributed by atoms with E-state index >= 15 is 0 Å². The summed E-state index contributed by atoms with van der Waals surface area (Å²) in [7, 11) is 1.28. The minimum Gasteiger partial charge on any atom is -0.624 e. The Morgan fingerprint density at radius 3 is 2.50 bits per heavy atom. The van der Waals surface area contributed by atoms with Gasteiger partial charge in [0.2, 0.25) is 12.0 Å². The largest absolute Gasteiger partial charge is 0.624 e. The van der Waals surface area contributed by atoms with E-state index in [1.54, 1.807) is 24.3 Å². The molecule has 0 bridgehead atoms. The fourth-order valence-corrected chi connectivity index (χ4v) is 0.842. The summed E-state index contributed by atoms with van der Waals surface area (Å²) < 4.78 is 0.495. The van der Waals surface area contributed by atoms with Gasteiger partial charge in [-0.3, -0.25) is 4.79 Å². The van der Waals surface area contributed by atoms with Gasteiger partial charge in [-0.25, -0.2) is 4.74 Å². The number of ketones is 1. The Morgan fingerprint density at radius 1 is 1.42 bits per heavy atom. The molecule has 0 heterocycles. The van der Waals surface area contributed by atoms with Crippen LogP contribution in [0, 0.1) is 5.21 Å². The Hall–Kier alpha value is -1.64. The smallest absolute Gasteiger partial charge is 0.249 e. The number of hydrogen-bond donors (Lipinski definition) is 0. The van der Waals surface area contributed by atoms with E-state index < -0.39 is 0 Å². The predicted molar refractivity (Wildman–Crippen MR) is 46.4 cm³/mol. The summed E-state index contributed by atoms with van der Waals surface area (Å²) in [4.78, 5) is 11.2. The number of nitrogens with zero attached hydrogens (tertiary/aromatic N) is 1. The molecule has 0 radical (unpaired) electrons. The molecule has 0 aliphatic heterocycles. The van der Waals surface area contributed by atoms with Crippen molar-refractivity contribution in [3.8, 4) is 0 Å². The fourth-order valence-electron chi connectivity index (χ4n) is 0.842. The summed E-state index contributed by atoms with van der Waals surface area (Å²) in [5, 5.41) is 10.5. The maximum atomic E-state index is 11.2. The molecule has 0 aliphatic carbocycles. The van der Waals surface area contributed by atoms with Crippen molar-refractivity contribution in [3.05, 3.63) is 41.1 Å². The van der Waals surface area contributed by atoms with E-state index in [-0.39, 0.29) is 5.78 Å². The lowest BCUT2D eigenvalue weighted by Crippen LogP contribution is -2.08. The average molecular weight is 163 g/mol. The van der Waals surface area contributed by atoms with E-state index in [4.69, 9.17) is 0 Å². The molecule has 3 nitrogen and oxygen atoms in total. The zero-order valence-electron chi connectivity index (χ0n) is 6.73. The van der Waals surface area contributed by atoms with Crippen molar-refractivity contribution in [1.82, 2.24) is 0 Å². The van der Waals surface area contributed by atoms with Gasteiger partial charge >= 0.3 is 0 Å². The fraction of sp³-hybridized carbons (Fsp3) is 0.111. The van der Waals surface area contributed by atoms with Crippen molar-refractivity contribution in [2.45, 2.75) is 0 Å². The second-order valence-corrected chi connectivity index (χ2v) is 2.41. The van der Waals surface area contributed by atoms with Crippen LogP contribution in [0.2, 0.25) is 0 Å². The van der Waals surface area contributed by atoms with Crippen LogP contribution >= 0.6 is 0 Å². The first-order chi connectivity index (χ1) is 5.70. The summed E-state index contributed by atoms with van der Waals surface area (Å²) in [5.41, 5.74) is 0.528. The maximum Gasteiger partial charge on any atom is 0.249 e. The highest BCUT2D eigenvalue weighted by molar-refractivity contribution is 6.33. The van der Waals surface area contributed by atoms with E-state index in [0.717, 1.165) is 6.21 Å². The highest BCUT2D eigenvalue weighted by Gasteiger charge is 2.03. The Kier molecular flexibility index (Phi) is 2.58. The first-order valence-electron chi connectivity index (χ1n) is 3.54. The summed E-state index contributed by atoms with van der Waals surface area (Å²) in [5.74, 6) is -0.270. The highest BCUT2D eigenvalue weighted by atomic mass is 16.5. The standard InChI is InChI=1S/C9H9NO2/c1-10(12)7-9(11)8-5-3-2-4-6-8/h2-7H,1H3. The van der Waals surface area contributed by atoms with Gasteiger partial charge in [0.05, 0.1) is 0 Å². The third-order valence-electron chi connectivity index (χ3n) is 1.36. The number of carbonyl (C=O) groups excluding carboxylic acids is 1. The number of carbonyl (C=O) groups is 1. The van der Waals surface area contributed by atoms with Crippen LogP contribution < -0.4 is 0 Å². The van der Waals surface area contributed by atoms with E-state index in [0.29, 0.717) is 10.3 Å². The molecule has 1 aromatic carbocycles. The van der Waals surface area contributed by atoms with Gasteiger partial charge in [0.15, 0.2) is 0 Å².